The van der Waals surface area contributed by atoms with Crippen LogP contribution in [0.4, 0.5) is 0 Å². The Kier molecular flexibility index (Phi) is 2.33. The first-order valence-electron chi connectivity index (χ1n) is 2.59. The van der Waals surface area contributed by atoms with Crippen molar-refractivity contribution in [3.63, 3.8) is 0 Å². The van der Waals surface area contributed by atoms with Gasteiger partial charge in [0, 0.05) is 0 Å². The lowest BCUT2D eigenvalue weighted by molar-refractivity contribution is 0.369. The van der Waals surface area contributed by atoms with Crippen molar-refractivity contribution in [2.45, 2.75) is 10.1 Å². The van der Waals surface area contributed by atoms with E-state index in [1.807, 2.05) is 6.07 Å². The molecule has 60 valence electrons. The summed E-state index contributed by atoms with van der Waals surface area (Å²) in [5, 5.41) is 12.0. The fourth-order valence-electron chi connectivity index (χ4n) is 0.598. The number of hydrogen-bond acceptors (Lipinski definition) is 4. The third kappa shape index (κ3) is 1.80. The summed E-state index contributed by atoms with van der Waals surface area (Å²) in [7, 11) is 0. The second-order valence-electron chi connectivity index (χ2n) is 1.78. The van der Waals surface area contributed by atoms with E-state index in [1.54, 1.807) is 0 Å². The second kappa shape index (κ2) is 2.94. The number of alkyl halides is 3. The minimum absolute atomic E-state index is 0.706. The molecular weight excluding hydrogens is 210 g/mol. The standard InChI is InChI=1S/C4H3Cl3N4/c5-4(6,7)11-2-9-10-3(11)1-8/h2-3,10H. The van der Waals surface area contributed by atoms with Crippen molar-refractivity contribution in [1.29, 1.82) is 5.26 Å². The molecule has 0 amide bonds. The van der Waals surface area contributed by atoms with Crippen LogP contribution in [0.25, 0.3) is 0 Å². The first kappa shape index (κ1) is 8.72. The van der Waals surface area contributed by atoms with E-state index in [4.69, 9.17) is 40.1 Å². The van der Waals surface area contributed by atoms with E-state index in [0.29, 0.717) is 0 Å². The van der Waals surface area contributed by atoms with Gasteiger partial charge in [0.25, 0.3) is 3.92 Å². The Labute approximate surface area is 78.3 Å². The Bertz CT molecular complexity index is 214. The van der Waals surface area contributed by atoms with Crippen LogP contribution in [0, 0.1) is 11.3 Å². The van der Waals surface area contributed by atoms with Gasteiger partial charge >= 0.3 is 0 Å². The van der Waals surface area contributed by atoms with Crippen molar-refractivity contribution in [2.24, 2.45) is 5.10 Å². The lowest BCUT2D eigenvalue weighted by atomic mass is 10.5. The Hall–Kier alpha value is -0.370. The van der Waals surface area contributed by atoms with E-state index in [1.165, 1.54) is 11.2 Å². The maximum absolute atomic E-state index is 8.49. The van der Waals surface area contributed by atoms with Crippen molar-refractivity contribution >= 4 is 41.1 Å². The molecule has 0 bridgehead atoms. The average Bonchev–Trinajstić information content (AvgIpc) is 2.31. The van der Waals surface area contributed by atoms with E-state index < -0.39 is 10.1 Å². The Morgan fingerprint density at radius 3 is 2.64 bits per heavy atom. The Morgan fingerprint density at radius 1 is 1.64 bits per heavy atom. The van der Waals surface area contributed by atoms with E-state index >= 15 is 0 Å². The third-order valence-corrected chi connectivity index (χ3v) is 1.66. The van der Waals surface area contributed by atoms with Crippen LogP contribution in [0.3, 0.4) is 0 Å². The molecule has 0 aromatic carbocycles. The molecule has 0 aliphatic carbocycles. The van der Waals surface area contributed by atoms with Gasteiger partial charge < -0.3 is 0 Å². The smallest absolute Gasteiger partial charge is 0.271 e. The first-order chi connectivity index (χ1) is 5.05. The second-order valence-corrected chi connectivity index (χ2v) is 4.00. The summed E-state index contributed by atoms with van der Waals surface area (Å²) in [6.07, 6.45) is 0.559. The molecule has 1 aliphatic heterocycles. The van der Waals surface area contributed by atoms with E-state index in [9.17, 15) is 0 Å². The molecule has 1 aliphatic rings. The molecule has 1 unspecified atom stereocenters. The molecule has 1 N–H and O–H groups in total. The van der Waals surface area contributed by atoms with Crippen LogP contribution in [0.5, 0.6) is 0 Å². The number of nitrogens with zero attached hydrogens (tertiary/aromatic N) is 3. The normalized spacial score (nSPS) is 23.1. The number of hydrazone groups is 1. The van der Waals surface area contributed by atoms with Crippen molar-refractivity contribution in [3.05, 3.63) is 0 Å². The zero-order valence-electron chi connectivity index (χ0n) is 5.13. The largest absolute Gasteiger partial charge is 0.282 e. The minimum atomic E-state index is -1.63. The quantitative estimate of drug-likeness (QED) is 0.483. The number of halogens is 3. The summed E-state index contributed by atoms with van der Waals surface area (Å²) in [6.45, 7) is 0. The summed E-state index contributed by atoms with van der Waals surface area (Å²) >= 11 is 16.5. The summed E-state index contributed by atoms with van der Waals surface area (Å²) in [4.78, 5) is 1.18. The van der Waals surface area contributed by atoms with Crippen LogP contribution < -0.4 is 5.43 Å². The minimum Gasteiger partial charge on any atom is -0.282 e. The lowest BCUT2D eigenvalue weighted by Crippen LogP contribution is -2.43. The molecular formula is C4H3Cl3N4. The lowest BCUT2D eigenvalue weighted by Gasteiger charge is -2.25. The van der Waals surface area contributed by atoms with Crippen LogP contribution in [0.1, 0.15) is 0 Å². The van der Waals surface area contributed by atoms with Gasteiger partial charge in [-0.15, -0.1) is 0 Å². The van der Waals surface area contributed by atoms with Crippen LogP contribution in [0.2, 0.25) is 0 Å². The molecule has 0 saturated heterocycles. The van der Waals surface area contributed by atoms with Crippen LogP contribution in [-0.4, -0.2) is 21.3 Å². The molecule has 0 aromatic rings. The molecule has 0 fully saturated rings. The number of rotatable bonds is 0. The van der Waals surface area contributed by atoms with Gasteiger partial charge in [0.1, 0.15) is 12.4 Å². The zero-order chi connectivity index (χ0) is 8.48. The number of nitrogens with one attached hydrogen (secondary N) is 1. The molecule has 1 heterocycles. The summed E-state index contributed by atoms with van der Waals surface area (Å²) in [6, 6.07) is 1.86. The van der Waals surface area contributed by atoms with Crippen molar-refractivity contribution < 1.29 is 0 Å². The summed E-state index contributed by atoms with van der Waals surface area (Å²) < 4.78 is -1.63. The molecule has 4 nitrogen and oxygen atoms in total. The van der Waals surface area contributed by atoms with Crippen LogP contribution >= 0.6 is 34.8 Å². The first-order valence-corrected chi connectivity index (χ1v) is 3.72. The maximum Gasteiger partial charge on any atom is 0.271 e. The van der Waals surface area contributed by atoms with E-state index in [-0.39, 0.29) is 0 Å². The molecule has 0 radical (unpaired) electrons. The van der Waals surface area contributed by atoms with Gasteiger partial charge in [-0.2, -0.15) is 10.4 Å². The average molecular weight is 213 g/mol. The zero-order valence-corrected chi connectivity index (χ0v) is 7.40. The maximum atomic E-state index is 8.49. The van der Waals surface area contributed by atoms with E-state index in [0.717, 1.165) is 0 Å². The van der Waals surface area contributed by atoms with Crippen LogP contribution in [0.15, 0.2) is 5.10 Å². The number of hydrogen-bond donors (Lipinski definition) is 1. The molecule has 0 aromatic heterocycles. The van der Waals surface area contributed by atoms with Crippen molar-refractivity contribution in [3.8, 4) is 6.07 Å². The van der Waals surface area contributed by atoms with E-state index in [2.05, 4.69) is 10.5 Å². The third-order valence-electron chi connectivity index (χ3n) is 1.07. The van der Waals surface area contributed by atoms with Gasteiger partial charge in [-0.25, -0.2) is 0 Å². The molecule has 1 rings (SSSR count). The molecule has 11 heavy (non-hydrogen) atoms. The van der Waals surface area contributed by atoms with Crippen LogP contribution in [-0.2, 0) is 0 Å². The highest BCUT2D eigenvalue weighted by Gasteiger charge is 2.36. The van der Waals surface area contributed by atoms with Gasteiger partial charge in [-0.1, -0.05) is 34.8 Å². The number of nitriles is 1. The molecule has 0 saturated carbocycles. The Balaban J connectivity index is 2.73. The highest BCUT2D eigenvalue weighted by atomic mass is 35.6. The highest BCUT2D eigenvalue weighted by Crippen LogP contribution is 2.31. The predicted molar refractivity (Wildman–Crippen MR) is 43.2 cm³/mol. The summed E-state index contributed by atoms with van der Waals surface area (Å²) in [5.74, 6) is 0. The van der Waals surface area contributed by atoms with Gasteiger partial charge in [-0.3, -0.25) is 10.3 Å². The fraction of sp³-hybridized carbons (Fsp3) is 0.500. The molecule has 7 heteroatoms. The van der Waals surface area contributed by atoms with Gasteiger partial charge in [0.15, 0.2) is 0 Å². The Morgan fingerprint density at radius 2 is 2.27 bits per heavy atom. The molecule has 0 spiro atoms. The van der Waals surface area contributed by atoms with Crippen molar-refractivity contribution in [2.75, 3.05) is 0 Å². The topological polar surface area (TPSA) is 51.4 Å². The highest BCUT2D eigenvalue weighted by molar-refractivity contribution is 6.67. The van der Waals surface area contributed by atoms with Gasteiger partial charge in [-0.05, 0) is 0 Å². The monoisotopic (exact) mass is 212 g/mol. The van der Waals surface area contributed by atoms with Gasteiger partial charge in [0.2, 0.25) is 6.17 Å². The predicted octanol–water partition coefficient (Wildman–Crippen LogP) is 1.01. The SMILES string of the molecule is N#CC1NN=CN1C(Cl)(Cl)Cl. The van der Waals surface area contributed by atoms with Crippen molar-refractivity contribution in [1.82, 2.24) is 10.3 Å². The van der Waals surface area contributed by atoms with Gasteiger partial charge in [0.05, 0.1) is 0 Å². The molecule has 1 atom stereocenters. The fourth-order valence-corrected chi connectivity index (χ4v) is 1.02. The summed E-state index contributed by atoms with van der Waals surface area (Å²) in [5.41, 5.74) is 2.44.